The summed E-state index contributed by atoms with van der Waals surface area (Å²) in [6.45, 7) is 10.0. The minimum atomic E-state index is -0.563. The number of ketones is 2. The number of carbonyl (C=O) groups excluding carboxylic acids is 3. The number of hydrogen-bond donors (Lipinski definition) is 2. The number of anilines is 1. The van der Waals surface area contributed by atoms with Crippen molar-refractivity contribution in [3.05, 3.63) is 80.1 Å². The smallest absolute Gasteiger partial charge is 0.262 e. The van der Waals surface area contributed by atoms with E-state index in [1.54, 1.807) is 12.1 Å². The predicted molar refractivity (Wildman–Crippen MR) is 158 cm³/mol. The molecule has 6 nitrogen and oxygen atoms in total. The molecule has 0 saturated carbocycles. The quantitative estimate of drug-likeness (QED) is 0.387. The van der Waals surface area contributed by atoms with Crippen LogP contribution in [0.4, 0.5) is 5.69 Å². The van der Waals surface area contributed by atoms with E-state index < -0.39 is 5.92 Å². The minimum Gasteiger partial charge on any atom is -0.481 e. The van der Waals surface area contributed by atoms with Crippen LogP contribution in [0.2, 0.25) is 10.0 Å². The molecule has 0 aromatic heterocycles. The summed E-state index contributed by atoms with van der Waals surface area (Å²) in [5, 5.41) is 6.71. The molecule has 0 spiro atoms. The van der Waals surface area contributed by atoms with E-state index in [9.17, 15) is 14.4 Å². The zero-order valence-corrected chi connectivity index (χ0v) is 25.0. The Morgan fingerprint density at radius 3 is 1.90 bits per heavy atom. The third-order valence-electron chi connectivity index (χ3n) is 7.76. The number of allylic oxidation sites excluding steroid dienone is 4. The van der Waals surface area contributed by atoms with Crippen LogP contribution in [0.1, 0.15) is 70.4 Å². The predicted octanol–water partition coefficient (Wildman–Crippen LogP) is 7.29. The minimum absolute atomic E-state index is 0.0216. The van der Waals surface area contributed by atoms with E-state index in [1.807, 2.05) is 31.2 Å². The van der Waals surface area contributed by atoms with Crippen molar-refractivity contribution in [1.29, 1.82) is 0 Å². The summed E-state index contributed by atoms with van der Waals surface area (Å²) < 4.78 is 5.73. The number of Topliss-reactive ketones (excluding diaryl/α,β-unsaturated/α-hetero) is 2. The standard InChI is InChI=1S/C32H34Cl2N2O4/c1-17-6-8-19(9-7-17)35-26(39)16-40-30-20(33)10-18(11-21(30)34)27-28-22(12-31(2,3)14-24(28)37)36-23-13-32(4,5)15-25(38)29(23)27/h6-11,27,36H,12-16H2,1-5H3,(H,35,39). The topological polar surface area (TPSA) is 84.5 Å². The Kier molecular flexibility index (Phi) is 7.38. The molecule has 0 unspecified atom stereocenters. The summed E-state index contributed by atoms with van der Waals surface area (Å²) in [5.74, 6) is -0.696. The van der Waals surface area contributed by atoms with Crippen LogP contribution in [0.15, 0.2) is 58.9 Å². The molecule has 8 heteroatoms. The average Bonchev–Trinajstić information content (AvgIpc) is 2.82. The van der Waals surface area contributed by atoms with Crippen LogP contribution in [0.5, 0.6) is 5.75 Å². The first-order valence-electron chi connectivity index (χ1n) is 13.5. The Morgan fingerprint density at radius 2 is 1.40 bits per heavy atom. The number of carbonyl (C=O) groups is 3. The highest BCUT2D eigenvalue weighted by atomic mass is 35.5. The number of amides is 1. The van der Waals surface area contributed by atoms with Gasteiger partial charge in [-0.1, -0.05) is 68.6 Å². The molecule has 0 atom stereocenters. The van der Waals surface area contributed by atoms with E-state index >= 15 is 0 Å². The van der Waals surface area contributed by atoms with Gasteiger partial charge in [0.25, 0.3) is 5.91 Å². The first kappa shape index (κ1) is 28.4. The molecule has 210 valence electrons. The number of ether oxygens (including phenoxy) is 1. The molecule has 2 aliphatic carbocycles. The van der Waals surface area contributed by atoms with Gasteiger partial charge >= 0.3 is 0 Å². The van der Waals surface area contributed by atoms with Gasteiger partial charge in [0.2, 0.25) is 0 Å². The fraction of sp³-hybridized carbons (Fsp3) is 0.406. The molecule has 5 rings (SSSR count). The Balaban J connectivity index is 1.47. The van der Waals surface area contributed by atoms with E-state index in [0.717, 1.165) is 17.0 Å². The van der Waals surface area contributed by atoms with E-state index in [0.29, 0.717) is 48.1 Å². The lowest BCUT2D eigenvalue weighted by Gasteiger charge is -2.44. The maximum absolute atomic E-state index is 13.6. The maximum atomic E-state index is 13.6. The van der Waals surface area contributed by atoms with Crippen molar-refractivity contribution in [2.75, 3.05) is 11.9 Å². The molecular weight excluding hydrogens is 547 g/mol. The molecule has 3 aliphatic rings. The summed E-state index contributed by atoms with van der Waals surface area (Å²) in [6.07, 6.45) is 2.19. The fourth-order valence-corrected chi connectivity index (χ4v) is 6.69. The van der Waals surface area contributed by atoms with Crippen molar-refractivity contribution in [2.24, 2.45) is 10.8 Å². The number of dihydropyridines is 1. The van der Waals surface area contributed by atoms with Gasteiger partial charge in [0.15, 0.2) is 23.9 Å². The SMILES string of the molecule is Cc1ccc(NC(=O)COc2c(Cl)cc(C3C4=C(CC(C)(C)CC4=O)NC4=C3C(=O)CC(C)(C)C4)cc2Cl)cc1. The van der Waals surface area contributed by atoms with Gasteiger partial charge in [-0.05, 0) is 60.4 Å². The Hall–Kier alpha value is -3.09. The van der Waals surface area contributed by atoms with Crippen LogP contribution < -0.4 is 15.4 Å². The highest BCUT2D eigenvalue weighted by Crippen LogP contribution is 2.52. The summed E-state index contributed by atoms with van der Waals surface area (Å²) in [5.41, 5.74) is 5.00. The molecule has 40 heavy (non-hydrogen) atoms. The molecule has 0 radical (unpaired) electrons. The molecule has 2 aromatic rings. The number of nitrogens with one attached hydrogen (secondary N) is 2. The van der Waals surface area contributed by atoms with Crippen molar-refractivity contribution in [1.82, 2.24) is 5.32 Å². The van der Waals surface area contributed by atoms with Crippen LogP contribution in [-0.2, 0) is 14.4 Å². The second kappa shape index (κ2) is 10.4. The van der Waals surface area contributed by atoms with Crippen LogP contribution in [-0.4, -0.2) is 24.1 Å². The lowest BCUT2D eigenvalue weighted by molar-refractivity contribution is -0.119. The second-order valence-electron chi connectivity index (χ2n) is 12.7. The van der Waals surface area contributed by atoms with Crippen molar-refractivity contribution >= 4 is 46.4 Å². The van der Waals surface area contributed by atoms with Gasteiger partial charge < -0.3 is 15.4 Å². The van der Waals surface area contributed by atoms with Gasteiger partial charge in [-0.25, -0.2) is 0 Å². The molecule has 1 aliphatic heterocycles. The molecular formula is C32H34Cl2N2O4. The van der Waals surface area contributed by atoms with Crippen LogP contribution in [0.25, 0.3) is 0 Å². The lowest BCUT2D eigenvalue weighted by Crippen LogP contribution is -2.42. The third-order valence-corrected chi connectivity index (χ3v) is 8.32. The Bertz CT molecular complexity index is 1410. The van der Waals surface area contributed by atoms with Crippen LogP contribution in [0, 0.1) is 17.8 Å². The molecule has 1 amide bonds. The highest BCUT2D eigenvalue weighted by Gasteiger charge is 2.46. The zero-order chi connectivity index (χ0) is 29.0. The van der Waals surface area contributed by atoms with Crippen molar-refractivity contribution < 1.29 is 19.1 Å². The molecule has 0 bridgehead atoms. The van der Waals surface area contributed by atoms with E-state index in [2.05, 4.69) is 38.3 Å². The van der Waals surface area contributed by atoms with E-state index in [1.165, 1.54) is 0 Å². The molecule has 0 saturated heterocycles. The molecule has 2 N–H and O–H groups in total. The number of hydrogen-bond acceptors (Lipinski definition) is 5. The Labute approximate surface area is 245 Å². The first-order chi connectivity index (χ1) is 18.7. The van der Waals surface area contributed by atoms with Gasteiger partial charge in [-0.2, -0.15) is 0 Å². The average molecular weight is 582 g/mol. The number of rotatable bonds is 5. The summed E-state index contributed by atoms with van der Waals surface area (Å²) in [4.78, 5) is 39.6. The molecule has 1 heterocycles. The van der Waals surface area contributed by atoms with Crippen molar-refractivity contribution in [3.63, 3.8) is 0 Å². The molecule has 2 aromatic carbocycles. The number of benzene rings is 2. The molecule has 0 fully saturated rings. The Morgan fingerprint density at radius 1 is 0.900 bits per heavy atom. The van der Waals surface area contributed by atoms with Crippen molar-refractivity contribution in [3.8, 4) is 5.75 Å². The van der Waals surface area contributed by atoms with Crippen molar-refractivity contribution in [2.45, 2.75) is 66.2 Å². The van der Waals surface area contributed by atoms with Gasteiger partial charge in [0.1, 0.15) is 0 Å². The van der Waals surface area contributed by atoms with Gasteiger partial charge in [0.05, 0.1) is 10.0 Å². The van der Waals surface area contributed by atoms with Gasteiger partial charge in [-0.3, -0.25) is 14.4 Å². The highest BCUT2D eigenvalue weighted by molar-refractivity contribution is 6.37. The normalized spacial score (nSPS) is 20.1. The third kappa shape index (κ3) is 5.70. The first-order valence-corrected chi connectivity index (χ1v) is 14.3. The fourth-order valence-electron chi connectivity index (χ4n) is 6.08. The summed E-state index contributed by atoms with van der Waals surface area (Å²) in [7, 11) is 0. The maximum Gasteiger partial charge on any atom is 0.262 e. The number of aryl methyl sites for hydroxylation is 1. The lowest BCUT2D eigenvalue weighted by atomic mass is 9.64. The van der Waals surface area contributed by atoms with Crippen LogP contribution in [0.3, 0.4) is 0 Å². The van der Waals surface area contributed by atoms with Gasteiger partial charge in [0, 0.05) is 47.0 Å². The largest absolute Gasteiger partial charge is 0.481 e. The monoisotopic (exact) mass is 580 g/mol. The van der Waals surface area contributed by atoms with E-state index in [4.69, 9.17) is 27.9 Å². The van der Waals surface area contributed by atoms with Crippen LogP contribution >= 0.6 is 23.2 Å². The van der Waals surface area contributed by atoms with Gasteiger partial charge in [-0.15, -0.1) is 0 Å². The second-order valence-corrected chi connectivity index (χ2v) is 13.6. The zero-order valence-electron chi connectivity index (χ0n) is 23.5. The van der Waals surface area contributed by atoms with E-state index in [-0.39, 0.29) is 50.7 Å². The summed E-state index contributed by atoms with van der Waals surface area (Å²) in [6, 6.07) is 10.8. The summed E-state index contributed by atoms with van der Waals surface area (Å²) >= 11 is 13.3. The number of halogens is 2.